The van der Waals surface area contributed by atoms with Crippen LogP contribution in [0.4, 0.5) is 5.69 Å². The van der Waals surface area contributed by atoms with Crippen LogP contribution in [0.2, 0.25) is 0 Å². The number of hydrogen-bond donors (Lipinski definition) is 3. The van der Waals surface area contributed by atoms with Crippen LogP contribution in [0.25, 0.3) is 11.1 Å². The van der Waals surface area contributed by atoms with Gasteiger partial charge in [0.05, 0.1) is 33.1 Å². The van der Waals surface area contributed by atoms with Crippen molar-refractivity contribution >= 4 is 17.5 Å². The van der Waals surface area contributed by atoms with Crippen LogP contribution in [-0.4, -0.2) is 45.2 Å². The molecule has 3 N–H and O–H groups in total. The highest BCUT2D eigenvalue weighted by Crippen LogP contribution is 2.50. The predicted molar refractivity (Wildman–Crippen MR) is 168 cm³/mol. The monoisotopic (exact) mass is 587 g/mol. The third-order valence-electron chi connectivity index (χ3n) is 7.78. The number of ether oxygens (including phenoxy) is 3. The van der Waals surface area contributed by atoms with Gasteiger partial charge in [0.25, 0.3) is 0 Å². The van der Waals surface area contributed by atoms with Crippen molar-refractivity contribution < 1.29 is 23.8 Å². The molecule has 3 atom stereocenters. The molecule has 3 aromatic carbocycles. The van der Waals surface area contributed by atoms with Crippen LogP contribution in [0.3, 0.4) is 0 Å². The topological polar surface area (TPSA) is 115 Å². The molecule has 0 spiro atoms. The second-order valence-electron chi connectivity index (χ2n) is 10.9. The maximum atomic E-state index is 13.6. The Morgan fingerprint density at radius 1 is 0.953 bits per heavy atom. The predicted octanol–water partition coefficient (Wildman–Crippen LogP) is 4.80. The second kappa shape index (κ2) is 14.1. The van der Waals surface area contributed by atoms with Crippen LogP contribution in [-0.2, 0) is 22.4 Å². The molecule has 2 amide bonds. The molecule has 0 saturated heterocycles. The first kappa shape index (κ1) is 31.4. The average molecular weight is 588 g/mol. The minimum absolute atomic E-state index is 0.0408. The van der Waals surface area contributed by atoms with Gasteiger partial charge >= 0.3 is 0 Å². The zero-order valence-corrected chi connectivity index (χ0v) is 25.7. The Balaban J connectivity index is 1.66. The van der Waals surface area contributed by atoms with E-state index < -0.39 is 12.1 Å². The van der Waals surface area contributed by atoms with E-state index in [1.54, 1.807) is 34.3 Å². The zero-order valence-electron chi connectivity index (χ0n) is 25.7. The molecule has 3 aromatic rings. The quantitative estimate of drug-likeness (QED) is 0.295. The number of hydrogen-bond acceptors (Lipinski definition) is 7. The molecule has 43 heavy (non-hydrogen) atoms. The van der Waals surface area contributed by atoms with Gasteiger partial charge in [-0.25, -0.2) is 0 Å². The summed E-state index contributed by atoms with van der Waals surface area (Å²) >= 11 is 0. The van der Waals surface area contributed by atoms with Crippen LogP contribution in [0, 0.1) is 0 Å². The van der Waals surface area contributed by atoms with E-state index in [4.69, 9.17) is 14.2 Å². The molecule has 0 heterocycles. The summed E-state index contributed by atoms with van der Waals surface area (Å²) in [5.74, 6) is 1.04. The SMILES string of the molecule is COc1cc2c(c(OC)c1OC)-c1ccc(N[C@@H](C)C(=O)NC(C)CCc3ccccc3)c(=O)cc1[C@@H](NC(C)=O)CC2. The summed E-state index contributed by atoms with van der Waals surface area (Å²) in [4.78, 5) is 38.8. The van der Waals surface area contributed by atoms with Crippen LogP contribution in [0.5, 0.6) is 17.2 Å². The summed E-state index contributed by atoms with van der Waals surface area (Å²) in [7, 11) is 4.67. The van der Waals surface area contributed by atoms with Crippen molar-refractivity contribution in [1.29, 1.82) is 0 Å². The van der Waals surface area contributed by atoms with Crippen molar-refractivity contribution in [3.63, 3.8) is 0 Å². The van der Waals surface area contributed by atoms with Gasteiger partial charge < -0.3 is 30.2 Å². The third-order valence-corrected chi connectivity index (χ3v) is 7.78. The number of anilines is 1. The van der Waals surface area contributed by atoms with Crippen LogP contribution in [0.15, 0.2) is 59.4 Å². The molecule has 0 radical (unpaired) electrons. The maximum absolute atomic E-state index is 13.6. The molecule has 0 aromatic heterocycles. The fourth-order valence-electron chi connectivity index (χ4n) is 5.59. The van der Waals surface area contributed by atoms with E-state index in [9.17, 15) is 14.4 Å². The minimum Gasteiger partial charge on any atom is -0.493 e. The van der Waals surface area contributed by atoms with E-state index >= 15 is 0 Å². The Labute approximate surface area is 252 Å². The number of amides is 2. The van der Waals surface area contributed by atoms with Gasteiger partial charge in [0.15, 0.2) is 11.5 Å². The summed E-state index contributed by atoms with van der Waals surface area (Å²) in [6.45, 7) is 5.16. The summed E-state index contributed by atoms with van der Waals surface area (Å²) in [6.07, 6.45) is 2.81. The largest absolute Gasteiger partial charge is 0.493 e. The Kier molecular flexibility index (Phi) is 10.3. The first-order valence-electron chi connectivity index (χ1n) is 14.5. The number of aryl methyl sites for hydroxylation is 2. The van der Waals surface area contributed by atoms with E-state index in [2.05, 4.69) is 28.1 Å². The van der Waals surface area contributed by atoms with Crippen LogP contribution >= 0.6 is 0 Å². The van der Waals surface area contributed by atoms with E-state index in [0.29, 0.717) is 35.7 Å². The number of carbonyl (C=O) groups excluding carboxylic acids is 2. The number of benzene rings is 2. The molecule has 1 aliphatic carbocycles. The van der Waals surface area contributed by atoms with Gasteiger partial charge in [0.2, 0.25) is 23.0 Å². The Bertz CT molecular complexity index is 1520. The average Bonchev–Trinajstić information content (AvgIpc) is 3.23. The van der Waals surface area contributed by atoms with Crippen molar-refractivity contribution in [2.75, 3.05) is 26.6 Å². The maximum Gasteiger partial charge on any atom is 0.242 e. The summed E-state index contributed by atoms with van der Waals surface area (Å²) in [5, 5.41) is 9.16. The van der Waals surface area contributed by atoms with Crippen molar-refractivity contribution in [2.45, 2.75) is 64.6 Å². The van der Waals surface area contributed by atoms with Gasteiger partial charge in [-0.2, -0.15) is 0 Å². The lowest BCUT2D eigenvalue weighted by atomic mass is 9.95. The fourth-order valence-corrected chi connectivity index (χ4v) is 5.59. The van der Waals surface area contributed by atoms with Crippen molar-refractivity contribution in [3.8, 4) is 28.4 Å². The molecule has 0 fully saturated rings. The van der Waals surface area contributed by atoms with Crippen LogP contribution in [0.1, 0.15) is 56.3 Å². The molecule has 0 saturated carbocycles. The summed E-state index contributed by atoms with van der Waals surface area (Å²) in [6, 6.07) is 16.0. The van der Waals surface area contributed by atoms with E-state index in [-0.39, 0.29) is 29.0 Å². The highest BCUT2D eigenvalue weighted by molar-refractivity contribution is 5.86. The number of rotatable bonds is 11. The van der Waals surface area contributed by atoms with Gasteiger partial charge in [-0.3, -0.25) is 14.4 Å². The Morgan fingerprint density at radius 3 is 2.33 bits per heavy atom. The van der Waals surface area contributed by atoms with Crippen molar-refractivity contribution in [3.05, 3.63) is 81.5 Å². The lowest BCUT2D eigenvalue weighted by Crippen LogP contribution is -2.42. The standard InChI is InChI=1S/C34H41N3O6/c1-20(12-13-23-10-8-7-9-11-23)35-34(40)21(2)36-28-17-15-25-26(19-29(28)39)27(37-22(3)38)16-14-24-18-30(41-4)32(42-5)33(43-6)31(24)25/h7-11,15,17-21,27H,12-14,16H2,1-6H3,(H,35,40)(H,36,39)(H,37,38)/t20?,21-,27-/m0/s1. The van der Waals surface area contributed by atoms with E-state index in [1.807, 2.05) is 37.3 Å². The molecule has 228 valence electrons. The summed E-state index contributed by atoms with van der Waals surface area (Å²) < 4.78 is 17.1. The summed E-state index contributed by atoms with van der Waals surface area (Å²) in [5.41, 5.74) is 4.28. The molecule has 0 aliphatic heterocycles. The molecule has 9 nitrogen and oxygen atoms in total. The third kappa shape index (κ3) is 7.28. The molecule has 9 heteroatoms. The van der Waals surface area contributed by atoms with Crippen molar-refractivity contribution in [2.24, 2.45) is 0 Å². The zero-order chi connectivity index (χ0) is 31.1. The molecule has 0 bridgehead atoms. The number of methoxy groups -OCH3 is 3. The molecular formula is C34H41N3O6. The lowest BCUT2D eigenvalue weighted by molar-refractivity contribution is -0.122. The molecule has 1 unspecified atom stereocenters. The molecule has 1 aliphatic rings. The second-order valence-corrected chi connectivity index (χ2v) is 10.9. The van der Waals surface area contributed by atoms with Gasteiger partial charge in [0.1, 0.15) is 6.04 Å². The number of carbonyl (C=O) groups is 2. The number of fused-ring (bicyclic) bond motifs is 3. The smallest absolute Gasteiger partial charge is 0.242 e. The van der Waals surface area contributed by atoms with Gasteiger partial charge in [0, 0.05) is 18.5 Å². The van der Waals surface area contributed by atoms with Gasteiger partial charge in [-0.15, -0.1) is 0 Å². The molecular weight excluding hydrogens is 546 g/mol. The van der Waals surface area contributed by atoms with Crippen molar-refractivity contribution in [1.82, 2.24) is 10.6 Å². The molecule has 4 rings (SSSR count). The highest BCUT2D eigenvalue weighted by atomic mass is 16.5. The van der Waals surface area contributed by atoms with E-state index in [0.717, 1.165) is 29.5 Å². The highest BCUT2D eigenvalue weighted by Gasteiger charge is 2.29. The first-order valence-corrected chi connectivity index (χ1v) is 14.5. The van der Waals surface area contributed by atoms with Gasteiger partial charge in [-0.05, 0) is 80.0 Å². The Morgan fingerprint density at radius 2 is 1.67 bits per heavy atom. The number of nitrogens with one attached hydrogen (secondary N) is 3. The first-order chi connectivity index (χ1) is 20.7. The van der Waals surface area contributed by atoms with E-state index in [1.165, 1.54) is 18.6 Å². The Hall–Kier alpha value is -4.53. The fraction of sp³-hybridized carbons (Fsp3) is 0.382. The van der Waals surface area contributed by atoms with Crippen LogP contribution < -0.4 is 35.6 Å². The van der Waals surface area contributed by atoms with Gasteiger partial charge in [-0.1, -0.05) is 36.4 Å². The lowest BCUT2D eigenvalue weighted by Gasteiger charge is -2.19. The normalized spacial score (nSPS) is 15.1. The minimum atomic E-state index is -0.661.